The Morgan fingerprint density at radius 3 is 2.62 bits per heavy atom. The zero-order chi connectivity index (χ0) is 10.0. The second-order valence-corrected chi connectivity index (χ2v) is 3.91. The van der Waals surface area contributed by atoms with Gasteiger partial charge in [0.15, 0.2) is 5.25 Å². The minimum atomic E-state index is -1.08. The third-order valence-electron chi connectivity index (χ3n) is 1.31. The van der Waals surface area contributed by atoms with E-state index in [1.807, 2.05) is 0 Å². The van der Waals surface area contributed by atoms with E-state index in [0.717, 1.165) is 18.9 Å². The standard InChI is InChI=1S/C6H5NO4S2/c1-11-5(10)2(8)3-4(9)7-6(12)13-3/h3H,1H3,(H,7,9,12). The zero-order valence-electron chi connectivity index (χ0n) is 6.53. The van der Waals surface area contributed by atoms with Gasteiger partial charge in [0.25, 0.3) is 5.78 Å². The Morgan fingerprint density at radius 2 is 2.23 bits per heavy atom. The van der Waals surface area contributed by atoms with Gasteiger partial charge in [-0.15, -0.1) is 0 Å². The van der Waals surface area contributed by atoms with Gasteiger partial charge < -0.3 is 10.1 Å². The number of Topliss-reactive ketones (excluding diaryl/α,β-unsaturated/α-hetero) is 1. The average Bonchev–Trinajstić information content (AvgIpc) is 2.42. The number of carbonyl (C=O) groups is 3. The van der Waals surface area contributed by atoms with Crippen molar-refractivity contribution in [3.8, 4) is 0 Å². The first kappa shape index (κ1) is 10.1. The van der Waals surface area contributed by atoms with Gasteiger partial charge in [-0.05, 0) is 0 Å². The summed E-state index contributed by atoms with van der Waals surface area (Å²) < 4.78 is 4.38. The maximum atomic E-state index is 11.1. The summed E-state index contributed by atoms with van der Waals surface area (Å²) in [5.41, 5.74) is 0. The molecule has 0 radical (unpaired) electrons. The number of carbonyl (C=O) groups excluding carboxylic acids is 3. The molecule has 1 heterocycles. The van der Waals surface area contributed by atoms with E-state index in [-0.39, 0.29) is 4.32 Å². The van der Waals surface area contributed by atoms with E-state index in [9.17, 15) is 14.4 Å². The predicted molar refractivity (Wildman–Crippen MR) is 49.1 cm³/mol. The molecule has 1 atom stereocenters. The van der Waals surface area contributed by atoms with Crippen LogP contribution in [-0.4, -0.2) is 34.3 Å². The molecule has 0 aromatic rings. The molecular formula is C6H5NO4S2. The van der Waals surface area contributed by atoms with E-state index >= 15 is 0 Å². The van der Waals surface area contributed by atoms with Crippen LogP contribution in [0.5, 0.6) is 0 Å². The Kier molecular flexibility index (Phi) is 2.99. The summed E-state index contributed by atoms with van der Waals surface area (Å²) in [6.45, 7) is 0. The van der Waals surface area contributed by atoms with Crippen molar-refractivity contribution in [1.82, 2.24) is 5.32 Å². The highest BCUT2D eigenvalue weighted by Gasteiger charge is 2.39. The largest absolute Gasteiger partial charge is 0.463 e. The summed E-state index contributed by atoms with van der Waals surface area (Å²) in [7, 11) is 1.08. The van der Waals surface area contributed by atoms with Crippen molar-refractivity contribution in [3.05, 3.63) is 0 Å². The number of hydrogen-bond donors (Lipinski definition) is 1. The fourth-order valence-corrected chi connectivity index (χ4v) is 1.87. The summed E-state index contributed by atoms with van der Waals surface area (Å²) in [5.74, 6) is -2.48. The Balaban J connectivity index is 2.73. The second-order valence-electron chi connectivity index (χ2n) is 2.13. The molecule has 0 aliphatic carbocycles. The minimum Gasteiger partial charge on any atom is -0.463 e. The fourth-order valence-electron chi connectivity index (χ4n) is 0.736. The Labute approximate surface area is 83.2 Å². The monoisotopic (exact) mass is 219 g/mol. The Morgan fingerprint density at radius 1 is 1.62 bits per heavy atom. The van der Waals surface area contributed by atoms with Crippen LogP contribution in [0.2, 0.25) is 0 Å². The summed E-state index contributed by atoms with van der Waals surface area (Å²) in [5, 5.41) is 1.17. The van der Waals surface area contributed by atoms with Crippen molar-refractivity contribution in [2.24, 2.45) is 0 Å². The SMILES string of the molecule is COC(=O)C(=O)C1SC(=S)NC1=O. The molecule has 0 aromatic heterocycles. The lowest BCUT2D eigenvalue weighted by Crippen LogP contribution is -2.34. The lowest BCUT2D eigenvalue weighted by molar-refractivity contribution is -0.152. The summed E-state index contributed by atoms with van der Waals surface area (Å²) in [6, 6.07) is 0. The van der Waals surface area contributed by atoms with Gasteiger partial charge in [0, 0.05) is 0 Å². The third-order valence-corrected chi connectivity index (χ3v) is 2.68. The molecule has 1 aliphatic rings. The zero-order valence-corrected chi connectivity index (χ0v) is 8.16. The molecule has 1 unspecified atom stereocenters. The maximum absolute atomic E-state index is 11.1. The molecule has 1 rings (SSSR count). The molecule has 13 heavy (non-hydrogen) atoms. The number of nitrogens with one attached hydrogen (secondary N) is 1. The van der Waals surface area contributed by atoms with E-state index in [0.29, 0.717) is 0 Å². The minimum absolute atomic E-state index is 0.201. The number of methoxy groups -OCH3 is 1. The number of esters is 1. The highest BCUT2D eigenvalue weighted by atomic mass is 32.2. The second kappa shape index (κ2) is 3.84. The van der Waals surface area contributed by atoms with Gasteiger partial charge in [0.1, 0.15) is 4.32 Å². The van der Waals surface area contributed by atoms with Gasteiger partial charge in [-0.3, -0.25) is 9.59 Å². The highest BCUT2D eigenvalue weighted by Crippen LogP contribution is 2.20. The molecular weight excluding hydrogens is 214 g/mol. The molecule has 1 fully saturated rings. The Bertz CT molecular complexity index is 301. The average molecular weight is 219 g/mol. The summed E-state index contributed by atoms with van der Waals surface area (Å²) >= 11 is 5.49. The van der Waals surface area contributed by atoms with Gasteiger partial charge >= 0.3 is 5.97 Å². The number of hydrogen-bond acceptors (Lipinski definition) is 6. The van der Waals surface area contributed by atoms with E-state index in [4.69, 9.17) is 0 Å². The molecule has 1 amide bonds. The molecule has 70 valence electrons. The first-order chi connectivity index (χ1) is 6.06. The van der Waals surface area contributed by atoms with Crippen molar-refractivity contribution in [2.75, 3.05) is 7.11 Å². The molecule has 1 N–H and O–H groups in total. The van der Waals surface area contributed by atoms with Crippen molar-refractivity contribution in [1.29, 1.82) is 0 Å². The number of ketones is 1. The van der Waals surface area contributed by atoms with Crippen LogP contribution in [0.15, 0.2) is 0 Å². The fraction of sp³-hybridized carbons (Fsp3) is 0.333. The van der Waals surface area contributed by atoms with Gasteiger partial charge in [-0.2, -0.15) is 0 Å². The topological polar surface area (TPSA) is 72.5 Å². The number of rotatable bonds is 2. The number of thiocarbonyl (C=S) groups is 1. The van der Waals surface area contributed by atoms with Crippen LogP contribution in [0.1, 0.15) is 0 Å². The molecule has 0 saturated carbocycles. The van der Waals surface area contributed by atoms with Gasteiger partial charge in [0.2, 0.25) is 5.91 Å². The lowest BCUT2D eigenvalue weighted by atomic mass is 10.2. The van der Waals surface area contributed by atoms with Crippen molar-refractivity contribution in [2.45, 2.75) is 5.25 Å². The quantitative estimate of drug-likeness (QED) is 0.285. The normalized spacial score (nSPS) is 21.2. The summed E-state index contributed by atoms with van der Waals surface area (Å²) in [4.78, 5) is 32.9. The van der Waals surface area contributed by atoms with E-state index in [1.165, 1.54) is 0 Å². The number of amides is 1. The van der Waals surface area contributed by atoms with Crippen LogP contribution in [0.25, 0.3) is 0 Å². The summed E-state index contributed by atoms with van der Waals surface area (Å²) in [6.07, 6.45) is 0. The first-order valence-corrected chi connectivity index (χ1v) is 4.48. The van der Waals surface area contributed by atoms with Crippen LogP contribution < -0.4 is 5.32 Å². The highest BCUT2D eigenvalue weighted by molar-refractivity contribution is 8.25. The third kappa shape index (κ3) is 2.04. The van der Waals surface area contributed by atoms with E-state index < -0.39 is 22.9 Å². The van der Waals surface area contributed by atoms with Crippen LogP contribution >= 0.6 is 24.0 Å². The van der Waals surface area contributed by atoms with Gasteiger partial charge in [-0.1, -0.05) is 24.0 Å². The molecule has 7 heteroatoms. The molecule has 1 saturated heterocycles. The number of ether oxygens (including phenoxy) is 1. The smallest absolute Gasteiger partial charge is 0.376 e. The van der Waals surface area contributed by atoms with Gasteiger partial charge in [0.05, 0.1) is 7.11 Å². The van der Waals surface area contributed by atoms with E-state index in [2.05, 4.69) is 22.3 Å². The molecule has 1 aliphatic heterocycles. The molecule has 5 nitrogen and oxygen atoms in total. The van der Waals surface area contributed by atoms with Crippen LogP contribution in [0, 0.1) is 0 Å². The van der Waals surface area contributed by atoms with E-state index in [1.54, 1.807) is 0 Å². The molecule has 0 aromatic carbocycles. The van der Waals surface area contributed by atoms with Crippen LogP contribution in [-0.2, 0) is 19.1 Å². The van der Waals surface area contributed by atoms with Crippen LogP contribution in [0.3, 0.4) is 0 Å². The van der Waals surface area contributed by atoms with Crippen molar-refractivity contribution in [3.63, 3.8) is 0 Å². The molecule has 0 spiro atoms. The predicted octanol–water partition coefficient (Wildman–Crippen LogP) is -0.755. The first-order valence-electron chi connectivity index (χ1n) is 3.20. The van der Waals surface area contributed by atoms with Gasteiger partial charge in [-0.25, -0.2) is 4.79 Å². The molecule has 0 bridgehead atoms. The van der Waals surface area contributed by atoms with Crippen molar-refractivity contribution >= 4 is 46.0 Å². The van der Waals surface area contributed by atoms with Crippen molar-refractivity contribution < 1.29 is 19.1 Å². The maximum Gasteiger partial charge on any atom is 0.376 e. The lowest BCUT2D eigenvalue weighted by Gasteiger charge is -2.00. The number of thioether (sulfide) groups is 1. The van der Waals surface area contributed by atoms with Crippen LogP contribution in [0.4, 0.5) is 0 Å². The Hall–Kier alpha value is -0.950.